The Morgan fingerprint density at radius 3 is 2.35 bits per heavy atom. The van der Waals surface area contributed by atoms with Crippen molar-refractivity contribution >= 4 is 32.6 Å². The van der Waals surface area contributed by atoms with Gasteiger partial charge in [0.05, 0.1) is 0 Å². The summed E-state index contributed by atoms with van der Waals surface area (Å²) in [5, 5.41) is 5.43. The van der Waals surface area contributed by atoms with Crippen LogP contribution in [-0.4, -0.2) is 4.98 Å². The quantitative estimate of drug-likeness (QED) is 0.321. The van der Waals surface area contributed by atoms with Crippen molar-refractivity contribution in [2.45, 2.75) is 19.3 Å². The topological polar surface area (TPSA) is 15.8 Å². The van der Waals surface area contributed by atoms with E-state index in [2.05, 4.69) is 91.6 Å². The molecular weight excluding hydrogens is 314 g/mol. The van der Waals surface area contributed by atoms with Gasteiger partial charge in [0.25, 0.3) is 0 Å². The van der Waals surface area contributed by atoms with Gasteiger partial charge in [0.1, 0.15) is 0 Å². The summed E-state index contributed by atoms with van der Waals surface area (Å²) in [6.45, 7) is 4.75. The van der Waals surface area contributed by atoms with Crippen LogP contribution in [0.2, 0.25) is 0 Å². The largest absolute Gasteiger partial charge is 0.355 e. The fraction of sp³-hybridized carbons (Fsp3) is 0.120. The Balaban J connectivity index is 1.90. The van der Waals surface area contributed by atoms with Crippen LogP contribution < -0.4 is 0 Å². The van der Waals surface area contributed by atoms with Crippen LogP contribution in [0.4, 0.5) is 0 Å². The summed E-state index contributed by atoms with van der Waals surface area (Å²) < 4.78 is 0. The predicted octanol–water partition coefficient (Wildman–Crippen LogP) is 6.78. The summed E-state index contributed by atoms with van der Waals surface area (Å²) >= 11 is 0. The van der Waals surface area contributed by atoms with E-state index < -0.39 is 0 Å². The SMILES string of the molecule is CC1(C)c2cccc3cccc(c23)-c2ccc3[nH]c4ccccc4c3c21. The number of H-pyrrole nitrogens is 1. The van der Waals surface area contributed by atoms with Gasteiger partial charge in [0.2, 0.25) is 0 Å². The summed E-state index contributed by atoms with van der Waals surface area (Å²) in [5.41, 5.74) is 7.99. The van der Waals surface area contributed by atoms with Gasteiger partial charge in [-0.3, -0.25) is 0 Å². The number of hydrogen-bond donors (Lipinski definition) is 1. The van der Waals surface area contributed by atoms with Gasteiger partial charge in [0, 0.05) is 27.2 Å². The molecule has 0 radical (unpaired) electrons. The molecule has 0 saturated carbocycles. The van der Waals surface area contributed by atoms with Crippen LogP contribution in [0.1, 0.15) is 25.0 Å². The average Bonchev–Trinajstić information content (AvgIpc) is 3.04. The molecule has 124 valence electrons. The lowest BCUT2D eigenvalue weighted by molar-refractivity contribution is 0.652. The molecule has 6 rings (SSSR count). The summed E-state index contributed by atoms with van der Waals surface area (Å²) in [7, 11) is 0. The van der Waals surface area contributed by atoms with Crippen LogP contribution >= 0.6 is 0 Å². The van der Waals surface area contributed by atoms with Crippen molar-refractivity contribution in [2.24, 2.45) is 0 Å². The fourth-order valence-electron chi connectivity index (χ4n) is 5.04. The van der Waals surface area contributed by atoms with Gasteiger partial charge in [-0.05, 0) is 45.2 Å². The third-order valence-electron chi connectivity index (χ3n) is 6.16. The third kappa shape index (κ3) is 1.56. The lowest BCUT2D eigenvalue weighted by Gasteiger charge is -2.35. The number of para-hydroxylation sites is 1. The number of nitrogens with one attached hydrogen (secondary N) is 1. The van der Waals surface area contributed by atoms with Crippen molar-refractivity contribution in [3.8, 4) is 11.1 Å². The molecule has 1 heteroatoms. The zero-order valence-electron chi connectivity index (χ0n) is 14.9. The highest BCUT2D eigenvalue weighted by atomic mass is 14.7. The van der Waals surface area contributed by atoms with Crippen molar-refractivity contribution in [3.05, 3.63) is 83.9 Å². The smallest absolute Gasteiger partial charge is 0.0468 e. The molecule has 0 saturated heterocycles. The number of benzene rings is 4. The third-order valence-corrected chi connectivity index (χ3v) is 6.16. The molecule has 1 aliphatic rings. The van der Waals surface area contributed by atoms with E-state index in [0.717, 1.165) is 0 Å². The van der Waals surface area contributed by atoms with E-state index in [1.54, 1.807) is 0 Å². The highest BCUT2D eigenvalue weighted by molar-refractivity contribution is 6.14. The van der Waals surface area contributed by atoms with Crippen LogP contribution in [0, 0.1) is 0 Å². The van der Waals surface area contributed by atoms with Crippen molar-refractivity contribution in [2.75, 3.05) is 0 Å². The lowest BCUT2D eigenvalue weighted by Crippen LogP contribution is -2.24. The standard InChI is InChI=1S/C25H19N/c1-25(2)19-11-6-8-15-7-5-10-16(22(15)19)17-13-14-21-23(24(17)25)18-9-3-4-12-20(18)26-21/h3-14,26H,1-2H3. The van der Waals surface area contributed by atoms with Gasteiger partial charge in [-0.25, -0.2) is 0 Å². The molecule has 1 aromatic heterocycles. The van der Waals surface area contributed by atoms with Gasteiger partial charge in [0.15, 0.2) is 0 Å². The minimum atomic E-state index is -0.0479. The zero-order chi connectivity index (χ0) is 17.5. The minimum Gasteiger partial charge on any atom is -0.355 e. The first-order chi connectivity index (χ1) is 12.7. The first-order valence-corrected chi connectivity index (χ1v) is 9.23. The Bertz CT molecular complexity index is 1350. The Morgan fingerprint density at radius 1 is 0.654 bits per heavy atom. The van der Waals surface area contributed by atoms with E-state index in [0.29, 0.717) is 0 Å². The molecule has 0 amide bonds. The molecule has 1 N–H and O–H groups in total. The molecule has 0 unspecified atom stereocenters. The summed E-state index contributed by atoms with van der Waals surface area (Å²) in [5.74, 6) is 0. The molecule has 0 aliphatic heterocycles. The zero-order valence-corrected chi connectivity index (χ0v) is 14.9. The van der Waals surface area contributed by atoms with Crippen molar-refractivity contribution in [3.63, 3.8) is 0 Å². The molecule has 0 atom stereocenters. The van der Waals surface area contributed by atoms with Crippen LogP contribution in [-0.2, 0) is 5.41 Å². The van der Waals surface area contributed by atoms with Gasteiger partial charge in [-0.1, -0.05) is 74.5 Å². The van der Waals surface area contributed by atoms with E-state index in [1.165, 1.54) is 54.8 Å². The molecule has 1 nitrogen and oxygen atoms in total. The number of aromatic amines is 1. The van der Waals surface area contributed by atoms with Crippen LogP contribution in [0.3, 0.4) is 0 Å². The molecule has 5 aromatic rings. The number of fused-ring (bicyclic) bond motifs is 6. The van der Waals surface area contributed by atoms with Gasteiger partial charge >= 0.3 is 0 Å². The predicted molar refractivity (Wildman–Crippen MR) is 111 cm³/mol. The van der Waals surface area contributed by atoms with Crippen molar-refractivity contribution in [1.29, 1.82) is 0 Å². The maximum Gasteiger partial charge on any atom is 0.0468 e. The van der Waals surface area contributed by atoms with E-state index >= 15 is 0 Å². The maximum atomic E-state index is 3.61. The van der Waals surface area contributed by atoms with E-state index in [9.17, 15) is 0 Å². The van der Waals surface area contributed by atoms with Crippen LogP contribution in [0.15, 0.2) is 72.8 Å². The fourth-order valence-corrected chi connectivity index (χ4v) is 5.04. The molecular formula is C25H19N. The van der Waals surface area contributed by atoms with Crippen molar-refractivity contribution < 1.29 is 0 Å². The Morgan fingerprint density at radius 2 is 1.46 bits per heavy atom. The second kappa shape index (κ2) is 4.56. The Kier molecular flexibility index (Phi) is 2.48. The summed E-state index contributed by atoms with van der Waals surface area (Å²) in [6.07, 6.45) is 0. The average molecular weight is 333 g/mol. The molecule has 4 aromatic carbocycles. The highest BCUT2D eigenvalue weighted by Gasteiger charge is 2.35. The maximum absolute atomic E-state index is 3.61. The highest BCUT2D eigenvalue weighted by Crippen LogP contribution is 2.51. The normalized spacial score (nSPS) is 14.8. The van der Waals surface area contributed by atoms with Gasteiger partial charge < -0.3 is 4.98 Å². The second-order valence-corrected chi connectivity index (χ2v) is 7.92. The lowest BCUT2D eigenvalue weighted by atomic mass is 9.67. The second-order valence-electron chi connectivity index (χ2n) is 7.92. The van der Waals surface area contributed by atoms with Crippen LogP contribution in [0.25, 0.3) is 43.7 Å². The minimum absolute atomic E-state index is 0.0479. The Hall–Kier alpha value is -3.06. The molecule has 0 bridgehead atoms. The molecule has 1 aliphatic carbocycles. The summed E-state index contributed by atoms with van der Waals surface area (Å²) in [6, 6.07) is 26.6. The molecule has 1 heterocycles. The van der Waals surface area contributed by atoms with E-state index in [-0.39, 0.29) is 5.41 Å². The summed E-state index contributed by atoms with van der Waals surface area (Å²) in [4.78, 5) is 3.61. The molecule has 26 heavy (non-hydrogen) atoms. The monoisotopic (exact) mass is 333 g/mol. The molecule has 0 fully saturated rings. The first kappa shape index (κ1) is 14.1. The Labute approximate surface area is 152 Å². The molecule has 0 spiro atoms. The van der Waals surface area contributed by atoms with Gasteiger partial charge in [-0.15, -0.1) is 0 Å². The number of aromatic nitrogens is 1. The number of hydrogen-bond acceptors (Lipinski definition) is 0. The van der Waals surface area contributed by atoms with E-state index in [1.807, 2.05) is 0 Å². The van der Waals surface area contributed by atoms with Gasteiger partial charge in [-0.2, -0.15) is 0 Å². The number of rotatable bonds is 0. The van der Waals surface area contributed by atoms with E-state index in [4.69, 9.17) is 0 Å². The van der Waals surface area contributed by atoms with Crippen molar-refractivity contribution in [1.82, 2.24) is 4.98 Å². The first-order valence-electron chi connectivity index (χ1n) is 9.23. The van der Waals surface area contributed by atoms with Crippen LogP contribution in [0.5, 0.6) is 0 Å².